The molecule has 0 radical (unpaired) electrons. The molecule has 6 heteroatoms. The molecule has 0 spiro atoms. The summed E-state index contributed by atoms with van der Waals surface area (Å²) >= 11 is 0. The van der Waals surface area contributed by atoms with Gasteiger partial charge in [-0.2, -0.15) is 0 Å². The number of carbonyl (C=O) groups is 2. The third-order valence-electron chi connectivity index (χ3n) is 4.27. The maximum absolute atomic E-state index is 11.6. The zero-order valence-electron chi connectivity index (χ0n) is 17.0. The van der Waals surface area contributed by atoms with Crippen molar-refractivity contribution in [2.24, 2.45) is 0 Å². The zero-order chi connectivity index (χ0) is 22.2. The number of methoxy groups -OCH3 is 1. The number of nitrogens with zero attached hydrogens (tertiary/aromatic N) is 1. The molecule has 0 N–H and O–H groups in total. The minimum absolute atomic E-state index is 0.387. The number of hydrogen-bond acceptors (Lipinski definition) is 6. The Morgan fingerprint density at radius 3 is 1.74 bits per heavy atom. The lowest BCUT2D eigenvalue weighted by molar-refractivity contribution is -0.129. The van der Waals surface area contributed by atoms with Crippen LogP contribution in [0, 0.1) is 0 Å². The van der Waals surface area contributed by atoms with E-state index in [0.29, 0.717) is 11.5 Å². The predicted molar refractivity (Wildman–Crippen MR) is 119 cm³/mol. The maximum atomic E-state index is 11.6. The van der Waals surface area contributed by atoms with E-state index in [-0.39, 0.29) is 0 Å². The Hall–Kier alpha value is -4.32. The Labute approximate surface area is 180 Å². The van der Waals surface area contributed by atoms with Gasteiger partial charge in [-0.15, -0.1) is 0 Å². The van der Waals surface area contributed by atoms with E-state index in [1.165, 1.54) is 0 Å². The zero-order valence-corrected chi connectivity index (χ0v) is 17.0. The van der Waals surface area contributed by atoms with Gasteiger partial charge in [0.05, 0.1) is 7.11 Å². The molecular formula is C25H21NO5. The van der Waals surface area contributed by atoms with Crippen LogP contribution in [0.5, 0.6) is 17.2 Å². The largest absolute Gasteiger partial charge is 0.497 e. The molecule has 156 valence electrons. The van der Waals surface area contributed by atoms with E-state index in [1.807, 2.05) is 47.4 Å². The number of benzene rings is 3. The predicted octanol–water partition coefficient (Wildman–Crippen LogP) is 5.35. The molecule has 0 aliphatic rings. The van der Waals surface area contributed by atoms with Gasteiger partial charge in [-0.25, -0.2) is 9.59 Å². The number of rotatable bonds is 8. The molecule has 3 rings (SSSR count). The van der Waals surface area contributed by atoms with Crippen molar-refractivity contribution in [1.29, 1.82) is 0 Å². The smallest absolute Gasteiger partial charge is 0.335 e. The highest BCUT2D eigenvalue weighted by Crippen LogP contribution is 2.37. The summed E-state index contributed by atoms with van der Waals surface area (Å²) < 4.78 is 15.7. The van der Waals surface area contributed by atoms with E-state index in [4.69, 9.17) is 14.2 Å². The van der Waals surface area contributed by atoms with E-state index in [9.17, 15) is 9.59 Å². The van der Waals surface area contributed by atoms with Gasteiger partial charge in [0.2, 0.25) is 0 Å². The first-order valence-corrected chi connectivity index (χ1v) is 9.37. The van der Waals surface area contributed by atoms with Crippen molar-refractivity contribution >= 4 is 29.0 Å². The highest BCUT2D eigenvalue weighted by Gasteiger charge is 2.14. The number of ether oxygens (including phenoxy) is 3. The van der Waals surface area contributed by atoms with Crippen molar-refractivity contribution in [1.82, 2.24) is 0 Å². The van der Waals surface area contributed by atoms with Gasteiger partial charge in [0.1, 0.15) is 17.2 Å². The molecule has 6 nitrogen and oxygen atoms in total. The summed E-state index contributed by atoms with van der Waals surface area (Å²) in [4.78, 5) is 25.0. The van der Waals surface area contributed by atoms with Gasteiger partial charge in [-0.05, 0) is 60.7 Å². The van der Waals surface area contributed by atoms with Crippen LogP contribution in [0.3, 0.4) is 0 Å². The minimum Gasteiger partial charge on any atom is -0.497 e. The molecule has 0 fully saturated rings. The van der Waals surface area contributed by atoms with Crippen molar-refractivity contribution in [2.45, 2.75) is 0 Å². The number of esters is 2. The van der Waals surface area contributed by atoms with E-state index < -0.39 is 11.9 Å². The van der Waals surface area contributed by atoms with Gasteiger partial charge in [-0.1, -0.05) is 19.2 Å². The molecule has 0 amide bonds. The number of hydrogen-bond donors (Lipinski definition) is 0. The van der Waals surface area contributed by atoms with Crippen molar-refractivity contribution < 1.29 is 23.8 Å². The van der Waals surface area contributed by atoms with Crippen LogP contribution < -0.4 is 19.1 Å². The van der Waals surface area contributed by atoms with Gasteiger partial charge in [0.15, 0.2) is 0 Å². The topological polar surface area (TPSA) is 65.1 Å². The average molecular weight is 415 g/mol. The lowest BCUT2D eigenvalue weighted by Crippen LogP contribution is -2.11. The van der Waals surface area contributed by atoms with Crippen LogP contribution >= 0.6 is 0 Å². The Morgan fingerprint density at radius 2 is 1.23 bits per heavy atom. The van der Waals surface area contributed by atoms with Crippen molar-refractivity contribution in [3.63, 3.8) is 0 Å². The Balaban J connectivity index is 2.02. The van der Waals surface area contributed by atoms with Gasteiger partial charge < -0.3 is 19.1 Å². The molecule has 0 saturated carbocycles. The molecule has 3 aromatic rings. The van der Waals surface area contributed by atoms with Crippen LogP contribution in [0.1, 0.15) is 0 Å². The van der Waals surface area contributed by atoms with E-state index in [1.54, 1.807) is 37.4 Å². The van der Waals surface area contributed by atoms with Gasteiger partial charge in [0.25, 0.3) is 0 Å². The van der Waals surface area contributed by atoms with Gasteiger partial charge in [0, 0.05) is 35.3 Å². The number of carbonyl (C=O) groups excluding carboxylic acids is 2. The lowest BCUT2D eigenvalue weighted by Gasteiger charge is -2.26. The fourth-order valence-corrected chi connectivity index (χ4v) is 2.84. The summed E-state index contributed by atoms with van der Waals surface area (Å²) in [5, 5.41) is 0. The highest BCUT2D eigenvalue weighted by atomic mass is 16.5. The molecule has 3 aromatic carbocycles. The van der Waals surface area contributed by atoms with Crippen LogP contribution in [0.25, 0.3) is 0 Å². The summed E-state index contributed by atoms with van der Waals surface area (Å²) in [5.41, 5.74) is 2.41. The summed E-state index contributed by atoms with van der Waals surface area (Å²) in [6.07, 6.45) is 2.21. The van der Waals surface area contributed by atoms with Gasteiger partial charge in [-0.3, -0.25) is 0 Å². The fraction of sp³-hybridized carbons (Fsp3) is 0.0400. The second kappa shape index (κ2) is 9.93. The Morgan fingerprint density at radius 1 is 0.710 bits per heavy atom. The Kier molecular flexibility index (Phi) is 6.85. The monoisotopic (exact) mass is 415 g/mol. The summed E-state index contributed by atoms with van der Waals surface area (Å²) in [5.74, 6) is 0.441. The van der Waals surface area contributed by atoms with E-state index in [0.717, 1.165) is 35.0 Å². The van der Waals surface area contributed by atoms with Crippen molar-refractivity contribution in [2.75, 3.05) is 12.0 Å². The highest BCUT2D eigenvalue weighted by molar-refractivity contribution is 5.85. The Bertz CT molecular complexity index is 1090. The molecule has 0 aromatic heterocycles. The first-order chi connectivity index (χ1) is 15.0. The third-order valence-corrected chi connectivity index (χ3v) is 4.27. The van der Waals surface area contributed by atoms with Crippen LogP contribution in [-0.4, -0.2) is 19.0 Å². The molecular weight excluding hydrogens is 394 g/mol. The molecule has 0 atom stereocenters. The normalized spacial score (nSPS) is 9.97. The maximum Gasteiger partial charge on any atom is 0.335 e. The first kappa shape index (κ1) is 21.4. The molecule has 0 heterocycles. The molecule has 31 heavy (non-hydrogen) atoms. The van der Waals surface area contributed by atoms with E-state index >= 15 is 0 Å². The first-order valence-electron chi connectivity index (χ1n) is 9.37. The second-order valence-electron chi connectivity index (χ2n) is 6.28. The van der Waals surface area contributed by atoms with Crippen LogP contribution in [-0.2, 0) is 9.59 Å². The summed E-state index contributed by atoms with van der Waals surface area (Å²) in [6.45, 7) is 6.82. The lowest BCUT2D eigenvalue weighted by atomic mass is 10.2. The molecule has 0 aliphatic heterocycles. The summed E-state index contributed by atoms with van der Waals surface area (Å²) in [7, 11) is 1.60. The second-order valence-corrected chi connectivity index (χ2v) is 6.28. The van der Waals surface area contributed by atoms with Crippen LogP contribution in [0.15, 0.2) is 98.1 Å². The number of anilines is 3. The SMILES string of the molecule is C=CC(=O)Oc1ccc(N(c2ccc(OC)cc2)c2cccc(OC(=O)C=C)c2)cc1. The van der Waals surface area contributed by atoms with Crippen LogP contribution in [0.2, 0.25) is 0 Å². The molecule has 0 unspecified atom stereocenters. The quantitative estimate of drug-likeness (QED) is 0.281. The summed E-state index contributed by atoms with van der Waals surface area (Å²) in [6, 6.07) is 21.7. The average Bonchev–Trinajstić information content (AvgIpc) is 2.81. The van der Waals surface area contributed by atoms with E-state index in [2.05, 4.69) is 13.2 Å². The molecule has 0 saturated heterocycles. The molecule has 0 aliphatic carbocycles. The van der Waals surface area contributed by atoms with Crippen molar-refractivity contribution in [3.8, 4) is 17.2 Å². The van der Waals surface area contributed by atoms with Crippen LogP contribution in [0.4, 0.5) is 17.1 Å². The third kappa shape index (κ3) is 5.39. The molecule has 0 bridgehead atoms. The fourth-order valence-electron chi connectivity index (χ4n) is 2.84. The van der Waals surface area contributed by atoms with Gasteiger partial charge >= 0.3 is 11.9 Å². The standard InChI is InChI=1S/C25H21NO5/c1-4-24(27)30-22-15-11-19(12-16-22)26(18-9-13-21(29-3)14-10-18)20-7-6-8-23(17-20)31-25(28)5-2/h4-17H,1-2H2,3H3. The van der Waals surface area contributed by atoms with Crippen molar-refractivity contribution in [3.05, 3.63) is 98.1 Å². The minimum atomic E-state index is -0.540.